The van der Waals surface area contributed by atoms with E-state index in [1.807, 2.05) is 0 Å². The lowest BCUT2D eigenvalue weighted by Gasteiger charge is -2.30. The summed E-state index contributed by atoms with van der Waals surface area (Å²) in [5.41, 5.74) is 2.31. The average Bonchev–Trinajstić information content (AvgIpc) is 2.55. The molecule has 1 aromatic heterocycles. The molecule has 0 saturated carbocycles. The van der Waals surface area contributed by atoms with Crippen LogP contribution >= 0.6 is 23.5 Å². The number of hydrogen-bond acceptors (Lipinski definition) is 4. The molecule has 4 heteroatoms. The Labute approximate surface area is 135 Å². The van der Waals surface area contributed by atoms with Crippen molar-refractivity contribution in [2.75, 3.05) is 23.8 Å². The molecule has 2 unspecified atom stereocenters. The number of benzene rings is 1. The molecule has 2 nitrogen and oxygen atoms in total. The Balaban J connectivity index is 1.76. The van der Waals surface area contributed by atoms with Gasteiger partial charge in [-0.1, -0.05) is 31.2 Å². The second-order valence-electron chi connectivity index (χ2n) is 5.35. The van der Waals surface area contributed by atoms with Crippen LogP contribution in [-0.2, 0) is 6.42 Å². The number of nitrogens with zero attached hydrogens (tertiary/aromatic N) is 1. The lowest BCUT2D eigenvalue weighted by molar-refractivity contribution is 0.518. The highest BCUT2D eigenvalue weighted by Crippen LogP contribution is 2.28. The van der Waals surface area contributed by atoms with Crippen LogP contribution in [0.5, 0.6) is 0 Å². The van der Waals surface area contributed by atoms with Gasteiger partial charge in [-0.3, -0.25) is 4.98 Å². The monoisotopic (exact) mass is 318 g/mol. The molecule has 3 rings (SSSR count). The van der Waals surface area contributed by atoms with E-state index in [0.717, 1.165) is 18.5 Å². The maximum absolute atomic E-state index is 4.84. The molecule has 2 aromatic rings. The minimum atomic E-state index is 0.529. The fourth-order valence-electron chi connectivity index (χ4n) is 2.78. The normalized spacial score (nSPS) is 20.5. The number of thioether (sulfide) groups is 2. The van der Waals surface area contributed by atoms with Crippen LogP contribution in [0.2, 0.25) is 0 Å². The highest BCUT2D eigenvalue weighted by atomic mass is 32.2. The largest absolute Gasteiger partial charge is 0.313 e. The van der Waals surface area contributed by atoms with Crippen molar-refractivity contribution >= 4 is 34.4 Å². The SMILES string of the molecule is CCNC(Cc1ccc2ccccc2n1)C1CSCCS1. The molecule has 0 amide bonds. The summed E-state index contributed by atoms with van der Waals surface area (Å²) < 4.78 is 0. The van der Waals surface area contributed by atoms with Gasteiger partial charge in [-0.2, -0.15) is 23.5 Å². The molecule has 0 spiro atoms. The minimum absolute atomic E-state index is 0.529. The third kappa shape index (κ3) is 3.93. The smallest absolute Gasteiger partial charge is 0.0705 e. The Bertz CT molecular complexity index is 582. The van der Waals surface area contributed by atoms with E-state index < -0.39 is 0 Å². The second kappa shape index (κ2) is 7.52. The van der Waals surface area contributed by atoms with Crippen LogP contribution in [0.3, 0.4) is 0 Å². The van der Waals surface area contributed by atoms with Crippen LogP contribution in [-0.4, -0.2) is 40.1 Å². The number of likely N-dealkylation sites (N-methyl/N-ethyl adjacent to an activating group) is 1. The number of nitrogens with one attached hydrogen (secondary N) is 1. The molecule has 2 atom stereocenters. The molecule has 2 heterocycles. The number of para-hydroxylation sites is 1. The van der Waals surface area contributed by atoms with Gasteiger partial charge in [0.05, 0.1) is 5.52 Å². The first-order chi connectivity index (χ1) is 10.4. The van der Waals surface area contributed by atoms with Crippen molar-refractivity contribution in [3.05, 3.63) is 42.1 Å². The van der Waals surface area contributed by atoms with Crippen molar-refractivity contribution in [1.82, 2.24) is 10.3 Å². The fourth-order valence-corrected chi connectivity index (χ4v) is 5.67. The summed E-state index contributed by atoms with van der Waals surface area (Å²) in [5.74, 6) is 3.84. The fraction of sp³-hybridized carbons (Fsp3) is 0.471. The summed E-state index contributed by atoms with van der Waals surface area (Å²) in [7, 11) is 0. The van der Waals surface area contributed by atoms with Crippen LogP contribution < -0.4 is 5.32 Å². The van der Waals surface area contributed by atoms with E-state index in [9.17, 15) is 0 Å². The van der Waals surface area contributed by atoms with Crippen LogP contribution in [0.1, 0.15) is 12.6 Å². The van der Waals surface area contributed by atoms with Crippen molar-refractivity contribution in [3.8, 4) is 0 Å². The highest BCUT2D eigenvalue weighted by Gasteiger charge is 2.24. The number of pyridine rings is 1. The molecule has 21 heavy (non-hydrogen) atoms. The quantitative estimate of drug-likeness (QED) is 0.910. The van der Waals surface area contributed by atoms with Gasteiger partial charge in [-0.15, -0.1) is 0 Å². The van der Waals surface area contributed by atoms with Gasteiger partial charge >= 0.3 is 0 Å². The third-order valence-electron chi connectivity index (χ3n) is 3.84. The molecule has 1 saturated heterocycles. The van der Waals surface area contributed by atoms with E-state index in [0.29, 0.717) is 11.3 Å². The molecular weight excluding hydrogens is 296 g/mol. The minimum Gasteiger partial charge on any atom is -0.313 e. The van der Waals surface area contributed by atoms with Crippen LogP contribution in [0.4, 0.5) is 0 Å². The first-order valence-electron chi connectivity index (χ1n) is 7.64. The van der Waals surface area contributed by atoms with Gasteiger partial charge in [-0.05, 0) is 18.7 Å². The first-order valence-corrected chi connectivity index (χ1v) is 9.84. The van der Waals surface area contributed by atoms with E-state index in [1.54, 1.807) is 0 Å². The Morgan fingerprint density at radius 3 is 2.95 bits per heavy atom. The van der Waals surface area contributed by atoms with E-state index in [1.165, 1.54) is 28.3 Å². The molecule has 1 N–H and O–H groups in total. The molecule has 0 bridgehead atoms. The van der Waals surface area contributed by atoms with Crippen LogP contribution in [0, 0.1) is 0 Å². The van der Waals surface area contributed by atoms with Gasteiger partial charge in [0.1, 0.15) is 0 Å². The van der Waals surface area contributed by atoms with Crippen LogP contribution in [0.25, 0.3) is 10.9 Å². The summed E-state index contributed by atoms with van der Waals surface area (Å²) >= 11 is 4.21. The molecule has 1 aliphatic heterocycles. The topological polar surface area (TPSA) is 24.9 Å². The van der Waals surface area contributed by atoms with Crippen molar-refractivity contribution in [1.29, 1.82) is 0 Å². The van der Waals surface area contributed by atoms with Crippen molar-refractivity contribution < 1.29 is 0 Å². The van der Waals surface area contributed by atoms with Crippen molar-refractivity contribution in [2.24, 2.45) is 0 Å². The second-order valence-corrected chi connectivity index (χ2v) is 7.84. The van der Waals surface area contributed by atoms with E-state index in [4.69, 9.17) is 4.98 Å². The number of fused-ring (bicyclic) bond motifs is 1. The lowest BCUT2D eigenvalue weighted by Crippen LogP contribution is -2.42. The lowest BCUT2D eigenvalue weighted by atomic mass is 10.1. The average molecular weight is 319 g/mol. The molecule has 0 radical (unpaired) electrons. The van der Waals surface area contributed by atoms with Gasteiger partial charge in [-0.25, -0.2) is 0 Å². The Hall–Kier alpha value is -0.710. The highest BCUT2D eigenvalue weighted by molar-refractivity contribution is 8.06. The van der Waals surface area contributed by atoms with Gasteiger partial charge in [0.2, 0.25) is 0 Å². The van der Waals surface area contributed by atoms with Crippen molar-refractivity contribution in [3.63, 3.8) is 0 Å². The zero-order valence-electron chi connectivity index (χ0n) is 12.4. The maximum Gasteiger partial charge on any atom is 0.0705 e. The summed E-state index contributed by atoms with van der Waals surface area (Å²) in [5, 5.41) is 5.61. The standard InChI is InChI=1S/C17H22N2S2/c1-2-18-16(17-12-20-9-10-21-17)11-14-8-7-13-5-3-4-6-15(13)19-14/h3-8,16-18H,2,9-12H2,1H3. The van der Waals surface area contributed by atoms with Gasteiger partial charge in [0, 0.05) is 46.1 Å². The predicted octanol–water partition coefficient (Wildman–Crippen LogP) is 3.60. The Kier molecular flexibility index (Phi) is 5.44. The van der Waals surface area contributed by atoms with E-state index >= 15 is 0 Å². The third-order valence-corrected chi connectivity index (χ3v) is 6.76. The molecule has 1 aromatic carbocycles. The molecular formula is C17H22N2S2. The van der Waals surface area contributed by atoms with E-state index in [-0.39, 0.29) is 0 Å². The van der Waals surface area contributed by atoms with Crippen molar-refractivity contribution in [2.45, 2.75) is 24.6 Å². The zero-order valence-corrected chi connectivity index (χ0v) is 14.1. The number of rotatable bonds is 5. The number of aromatic nitrogens is 1. The first kappa shape index (κ1) is 15.2. The molecule has 112 valence electrons. The zero-order chi connectivity index (χ0) is 14.5. The van der Waals surface area contributed by atoms with Gasteiger partial charge < -0.3 is 5.32 Å². The number of hydrogen-bond donors (Lipinski definition) is 1. The van der Waals surface area contributed by atoms with Crippen LogP contribution in [0.15, 0.2) is 36.4 Å². The predicted molar refractivity (Wildman–Crippen MR) is 96.5 cm³/mol. The molecule has 1 fully saturated rings. The van der Waals surface area contributed by atoms with Gasteiger partial charge in [0.25, 0.3) is 0 Å². The summed E-state index contributed by atoms with van der Waals surface area (Å²) in [6, 6.07) is 13.3. The maximum atomic E-state index is 4.84. The summed E-state index contributed by atoms with van der Waals surface area (Å²) in [6.45, 7) is 3.22. The summed E-state index contributed by atoms with van der Waals surface area (Å²) in [6.07, 6.45) is 1.02. The van der Waals surface area contributed by atoms with E-state index in [2.05, 4.69) is 72.2 Å². The molecule has 0 aliphatic carbocycles. The Morgan fingerprint density at radius 1 is 1.24 bits per heavy atom. The Morgan fingerprint density at radius 2 is 2.14 bits per heavy atom. The summed E-state index contributed by atoms with van der Waals surface area (Å²) in [4.78, 5) is 4.84. The molecule has 1 aliphatic rings. The van der Waals surface area contributed by atoms with Gasteiger partial charge in [0.15, 0.2) is 0 Å².